The zero-order chi connectivity index (χ0) is 27.7. The van der Waals surface area contributed by atoms with Gasteiger partial charge in [0.15, 0.2) is 9.84 Å². The number of benzene rings is 1. The quantitative estimate of drug-likeness (QED) is 0.417. The molecule has 0 bridgehead atoms. The van der Waals surface area contributed by atoms with Crippen LogP contribution in [0, 0.1) is 11.8 Å². The van der Waals surface area contributed by atoms with Gasteiger partial charge in [0, 0.05) is 42.7 Å². The van der Waals surface area contributed by atoms with Crippen molar-refractivity contribution in [3.8, 4) is 17.6 Å². The van der Waals surface area contributed by atoms with Gasteiger partial charge in [-0.1, -0.05) is 12.0 Å². The van der Waals surface area contributed by atoms with E-state index in [4.69, 9.17) is 4.74 Å². The van der Waals surface area contributed by atoms with E-state index >= 15 is 0 Å². The Labute approximate surface area is 220 Å². The first-order valence-corrected chi connectivity index (χ1v) is 13.8. The minimum Gasteiger partial charge on any atom is -0.495 e. The van der Waals surface area contributed by atoms with Crippen LogP contribution in [0.2, 0.25) is 0 Å². The van der Waals surface area contributed by atoms with E-state index in [0.717, 1.165) is 24.8 Å². The Hall–Kier alpha value is -3.27. The molecule has 2 N–H and O–H groups in total. The summed E-state index contributed by atoms with van der Waals surface area (Å²) in [5.41, 5.74) is 1.86. The van der Waals surface area contributed by atoms with Crippen LogP contribution in [-0.4, -0.2) is 75.5 Å². The number of hydrogen-bond acceptors (Lipinski definition) is 7. The third-order valence-corrected chi connectivity index (χ3v) is 7.35. The molecule has 8 nitrogen and oxygen atoms in total. The Kier molecular flexibility index (Phi) is 7.92. The predicted molar refractivity (Wildman–Crippen MR) is 139 cm³/mol. The summed E-state index contributed by atoms with van der Waals surface area (Å²) in [5.74, 6) is 5.95. The third-order valence-electron chi connectivity index (χ3n) is 6.24. The Morgan fingerprint density at radius 3 is 2.66 bits per heavy atom. The average molecular weight is 550 g/mol. The number of aromatic nitrogens is 2. The predicted octanol–water partition coefficient (Wildman–Crippen LogP) is 3.28. The number of likely N-dealkylation sites (N-methyl/N-ethyl adjacent to an activating group) is 1. The third kappa shape index (κ3) is 6.40. The molecule has 0 spiro atoms. The zero-order valence-corrected chi connectivity index (χ0v) is 22.4. The highest BCUT2D eigenvalue weighted by Crippen LogP contribution is 2.33. The number of halogens is 3. The summed E-state index contributed by atoms with van der Waals surface area (Å²) < 4.78 is 70.7. The van der Waals surface area contributed by atoms with Gasteiger partial charge in [0.1, 0.15) is 17.1 Å². The SMILES string of the molecule is COc1cc(S(C)(=O)=O)ccc1NCC#Cc1nc2c([C@@H]3C[C@H](CN(C)C)N3)cccn2c1CC(F)(F)F. The molecule has 204 valence electrons. The van der Waals surface area contributed by atoms with Crippen LogP contribution in [0.3, 0.4) is 0 Å². The van der Waals surface area contributed by atoms with Gasteiger partial charge in [0.05, 0.1) is 36.4 Å². The Balaban J connectivity index is 1.59. The van der Waals surface area contributed by atoms with Gasteiger partial charge >= 0.3 is 6.18 Å². The fraction of sp³-hybridized carbons (Fsp3) is 0.423. The van der Waals surface area contributed by atoms with Crippen LogP contribution in [-0.2, 0) is 16.3 Å². The highest BCUT2D eigenvalue weighted by molar-refractivity contribution is 7.90. The van der Waals surface area contributed by atoms with Crippen molar-refractivity contribution in [2.24, 2.45) is 0 Å². The van der Waals surface area contributed by atoms with Crippen molar-refractivity contribution in [3.05, 3.63) is 53.5 Å². The maximum atomic E-state index is 13.5. The number of imidazole rings is 1. The van der Waals surface area contributed by atoms with E-state index in [9.17, 15) is 21.6 Å². The Morgan fingerprint density at radius 2 is 2.03 bits per heavy atom. The van der Waals surface area contributed by atoms with Gasteiger partial charge in [0.25, 0.3) is 0 Å². The second-order valence-electron chi connectivity index (χ2n) is 9.56. The van der Waals surface area contributed by atoms with E-state index in [2.05, 4.69) is 32.4 Å². The topological polar surface area (TPSA) is 88.0 Å². The summed E-state index contributed by atoms with van der Waals surface area (Å²) in [6.45, 7) is 0.954. The van der Waals surface area contributed by atoms with Crippen molar-refractivity contribution in [1.82, 2.24) is 19.6 Å². The van der Waals surface area contributed by atoms with E-state index in [1.807, 2.05) is 20.2 Å². The van der Waals surface area contributed by atoms with Crippen LogP contribution in [0.1, 0.15) is 29.4 Å². The van der Waals surface area contributed by atoms with Crippen LogP contribution in [0.5, 0.6) is 5.75 Å². The Morgan fingerprint density at radius 1 is 1.29 bits per heavy atom. The first-order chi connectivity index (χ1) is 17.9. The van der Waals surface area contributed by atoms with Crippen LogP contribution in [0.25, 0.3) is 5.65 Å². The number of rotatable bonds is 8. The molecule has 0 aliphatic carbocycles. The number of pyridine rings is 1. The monoisotopic (exact) mass is 549 g/mol. The number of nitrogens with zero attached hydrogens (tertiary/aromatic N) is 3. The lowest BCUT2D eigenvalue weighted by atomic mass is 9.91. The molecule has 1 saturated heterocycles. The van der Waals surface area contributed by atoms with Crippen LogP contribution >= 0.6 is 0 Å². The zero-order valence-electron chi connectivity index (χ0n) is 21.6. The van der Waals surface area contributed by atoms with E-state index < -0.39 is 22.4 Å². The number of nitrogens with one attached hydrogen (secondary N) is 2. The fourth-order valence-corrected chi connectivity index (χ4v) is 5.15. The second-order valence-corrected chi connectivity index (χ2v) is 11.6. The lowest BCUT2D eigenvalue weighted by Crippen LogP contribution is -2.51. The molecule has 1 aliphatic rings. The number of methoxy groups -OCH3 is 1. The standard InChI is InChI=1S/C26H30F3N5O3S/c1-33(2)16-17-13-22(31-17)19-7-6-12-34-23(15-26(27,28)29)20(32-25(19)34)8-5-11-30-21-10-9-18(38(4,35)36)14-24(21)37-3/h6-7,9-10,12,14,17,22,30-31H,11,13,15-16H2,1-4H3/t17-,22+/m1/s1. The Bertz CT molecular complexity index is 1480. The van der Waals surface area contributed by atoms with Crippen molar-refractivity contribution in [1.29, 1.82) is 0 Å². The smallest absolute Gasteiger partial charge is 0.394 e. The van der Waals surface area contributed by atoms with Crippen LogP contribution < -0.4 is 15.4 Å². The number of alkyl halides is 3. The van der Waals surface area contributed by atoms with E-state index in [0.29, 0.717) is 23.1 Å². The molecular weight excluding hydrogens is 519 g/mol. The average Bonchev–Trinajstić information content (AvgIpc) is 3.14. The fourth-order valence-electron chi connectivity index (χ4n) is 4.51. The summed E-state index contributed by atoms with van der Waals surface area (Å²) in [7, 11) is 1.99. The molecule has 2 aromatic heterocycles. The van der Waals surface area contributed by atoms with Gasteiger partial charge < -0.3 is 24.7 Å². The molecule has 3 heterocycles. The first-order valence-electron chi connectivity index (χ1n) is 11.9. The minimum atomic E-state index is -4.43. The maximum absolute atomic E-state index is 13.5. The summed E-state index contributed by atoms with van der Waals surface area (Å²) in [5, 5.41) is 6.50. The molecule has 1 fully saturated rings. The van der Waals surface area contributed by atoms with Crippen LogP contribution in [0.15, 0.2) is 41.4 Å². The molecule has 4 rings (SSSR count). The normalized spacial score (nSPS) is 17.7. The summed E-state index contributed by atoms with van der Waals surface area (Å²) >= 11 is 0. The van der Waals surface area contributed by atoms with Gasteiger partial charge in [-0.3, -0.25) is 0 Å². The van der Waals surface area contributed by atoms with Crippen molar-refractivity contribution in [2.75, 3.05) is 45.9 Å². The molecule has 0 unspecified atom stereocenters. The molecule has 0 amide bonds. The molecule has 2 atom stereocenters. The van der Waals surface area contributed by atoms with E-state index in [-0.39, 0.29) is 28.9 Å². The second kappa shape index (κ2) is 10.8. The van der Waals surface area contributed by atoms with Crippen LogP contribution in [0.4, 0.5) is 18.9 Å². The highest BCUT2D eigenvalue weighted by atomic mass is 32.2. The number of hydrogen-bond donors (Lipinski definition) is 2. The maximum Gasteiger partial charge on any atom is 0.394 e. The number of ether oxygens (including phenoxy) is 1. The largest absolute Gasteiger partial charge is 0.495 e. The van der Waals surface area contributed by atoms with Crippen molar-refractivity contribution in [3.63, 3.8) is 0 Å². The number of fused-ring (bicyclic) bond motifs is 1. The molecule has 38 heavy (non-hydrogen) atoms. The molecular formula is C26H30F3N5O3S. The van der Waals surface area contributed by atoms with Crippen molar-refractivity contribution in [2.45, 2.75) is 36.0 Å². The molecule has 1 aromatic carbocycles. The van der Waals surface area contributed by atoms with Gasteiger partial charge in [-0.05, 0) is 44.6 Å². The molecule has 0 radical (unpaired) electrons. The summed E-state index contributed by atoms with van der Waals surface area (Å²) in [6.07, 6.45) is -2.04. The lowest BCUT2D eigenvalue weighted by Gasteiger charge is -2.39. The molecule has 0 saturated carbocycles. The highest BCUT2D eigenvalue weighted by Gasteiger charge is 2.34. The first kappa shape index (κ1) is 27.8. The number of anilines is 1. The number of sulfone groups is 1. The van der Waals surface area contributed by atoms with Gasteiger partial charge in [-0.25, -0.2) is 13.4 Å². The van der Waals surface area contributed by atoms with Gasteiger partial charge in [0.2, 0.25) is 0 Å². The molecule has 12 heteroatoms. The van der Waals surface area contributed by atoms with Gasteiger partial charge in [-0.15, -0.1) is 0 Å². The molecule has 3 aromatic rings. The van der Waals surface area contributed by atoms with Gasteiger partial charge in [-0.2, -0.15) is 13.2 Å². The van der Waals surface area contributed by atoms with Crippen molar-refractivity contribution >= 4 is 21.2 Å². The summed E-state index contributed by atoms with van der Waals surface area (Å²) in [6, 6.07) is 8.33. The van der Waals surface area contributed by atoms with E-state index in [1.165, 1.54) is 23.6 Å². The van der Waals surface area contributed by atoms with E-state index in [1.54, 1.807) is 18.3 Å². The minimum absolute atomic E-state index is 0.00892. The lowest BCUT2D eigenvalue weighted by molar-refractivity contribution is -0.128. The van der Waals surface area contributed by atoms with Crippen molar-refractivity contribution < 1.29 is 26.3 Å². The summed E-state index contributed by atoms with van der Waals surface area (Å²) in [4.78, 5) is 6.72. The molecule has 1 aliphatic heterocycles.